The summed E-state index contributed by atoms with van der Waals surface area (Å²) < 4.78 is 0.998. The van der Waals surface area contributed by atoms with Gasteiger partial charge >= 0.3 is 6.03 Å². The van der Waals surface area contributed by atoms with Crippen LogP contribution < -0.4 is 0 Å². The van der Waals surface area contributed by atoms with Crippen molar-refractivity contribution in [3.05, 3.63) is 69.8 Å². The molecule has 2 saturated heterocycles. The number of amides is 3. The fourth-order valence-corrected chi connectivity index (χ4v) is 6.34. The number of hydrogen-bond donors (Lipinski definition) is 1. The third-order valence-corrected chi connectivity index (χ3v) is 8.47. The zero-order chi connectivity index (χ0) is 24.3. The minimum absolute atomic E-state index is 0.0902. The van der Waals surface area contributed by atoms with Gasteiger partial charge < -0.3 is 9.88 Å². The van der Waals surface area contributed by atoms with Crippen molar-refractivity contribution >= 4 is 38.8 Å². The number of rotatable bonds is 4. The lowest BCUT2D eigenvalue weighted by atomic mass is 9.81. The van der Waals surface area contributed by atoms with Gasteiger partial charge in [-0.15, -0.1) is 0 Å². The molecule has 0 spiro atoms. The van der Waals surface area contributed by atoms with Gasteiger partial charge in [0.25, 0.3) is 5.91 Å². The first-order valence-corrected chi connectivity index (χ1v) is 13.1. The van der Waals surface area contributed by atoms with E-state index in [1.165, 1.54) is 4.90 Å². The van der Waals surface area contributed by atoms with Crippen LogP contribution in [0.4, 0.5) is 4.79 Å². The van der Waals surface area contributed by atoms with E-state index < -0.39 is 5.54 Å². The van der Waals surface area contributed by atoms with E-state index in [4.69, 9.17) is 0 Å². The van der Waals surface area contributed by atoms with Crippen LogP contribution in [0, 0.1) is 0 Å². The Morgan fingerprint density at radius 2 is 1.77 bits per heavy atom. The van der Waals surface area contributed by atoms with E-state index in [0.717, 1.165) is 58.4 Å². The molecule has 0 radical (unpaired) electrons. The summed E-state index contributed by atoms with van der Waals surface area (Å²) in [6.07, 6.45) is 0.498. The number of carbonyl (C=O) groups excluding carboxylic acids is 2. The SMILES string of the molecule is CN1CCN(CCN2C(=O)N3C(c4ccccc4)c4[nH]c5ccc(Br)cc5c4CC3(C)C2=O)CC1. The Bertz CT molecular complexity index is 1300. The van der Waals surface area contributed by atoms with Crippen molar-refractivity contribution < 1.29 is 9.59 Å². The molecule has 182 valence electrons. The Morgan fingerprint density at radius 1 is 1.03 bits per heavy atom. The lowest BCUT2D eigenvalue weighted by molar-refractivity contribution is -0.133. The topological polar surface area (TPSA) is 62.9 Å². The predicted octanol–water partition coefficient (Wildman–Crippen LogP) is 3.85. The number of nitrogens with zero attached hydrogens (tertiary/aromatic N) is 4. The zero-order valence-electron chi connectivity index (χ0n) is 20.1. The normalized spacial score (nSPS) is 25.4. The maximum atomic E-state index is 13.9. The van der Waals surface area contributed by atoms with E-state index in [1.54, 1.807) is 0 Å². The van der Waals surface area contributed by atoms with Crippen LogP contribution in [0.15, 0.2) is 53.0 Å². The van der Waals surface area contributed by atoms with Crippen LogP contribution >= 0.6 is 15.9 Å². The van der Waals surface area contributed by atoms with Gasteiger partial charge in [0.05, 0.1) is 0 Å². The molecule has 3 aromatic rings. The van der Waals surface area contributed by atoms with Crippen LogP contribution in [0.3, 0.4) is 0 Å². The number of urea groups is 1. The molecule has 8 heteroatoms. The Labute approximate surface area is 213 Å². The molecule has 4 heterocycles. The molecule has 3 aliphatic rings. The highest BCUT2D eigenvalue weighted by molar-refractivity contribution is 9.10. The molecule has 0 bridgehead atoms. The number of H-pyrrole nitrogens is 1. The second kappa shape index (κ2) is 8.47. The average molecular weight is 536 g/mol. The number of halogens is 1. The number of nitrogens with one attached hydrogen (secondary N) is 1. The summed E-state index contributed by atoms with van der Waals surface area (Å²) >= 11 is 3.61. The van der Waals surface area contributed by atoms with Crippen molar-refractivity contribution in [2.24, 2.45) is 0 Å². The van der Waals surface area contributed by atoms with Crippen LogP contribution in [0.2, 0.25) is 0 Å². The molecule has 35 heavy (non-hydrogen) atoms. The van der Waals surface area contributed by atoms with E-state index in [1.807, 2.05) is 48.2 Å². The largest absolute Gasteiger partial charge is 0.356 e. The first-order valence-electron chi connectivity index (χ1n) is 12.3. The molecule has 7 nitrogen and oxygen atoms in total. The van der Waals surface area contributed by atoms with E-state index in [9.17, 15) is 9.59 Å². The van der Waals surface area contributed by atoms with E-state index in [0.29, 0.717) is 19.5 Å². The lowest BCUT2D eigenvalue weighted by Crippen LogP contribution is -2.53. The third-order valence-electron chi connectivity index (χ3n) is 7.98. The number of hydrogen-bond acceptors (Lipinski definition) is 4. The van der Waals surface area contributed by atoms with Gasteiger partial charge in [0.2, 0.25) is 0 Å². The summed E-state index contributed by atoms with van der Waals surface area (Å²) in [7, 11) is 2.13. The van der Waals surface area contributed by atoms with Crippen LogP contribution in [0.5, 0.6) is 0 Å². The van der Waals surface area contributed by atoms with Gasteiger partial charge in [-0.3, -0.25) is 19.5 Å². The molecule has 3 amide bonds. The zero-order valence-corrected chi connectivity index (χ0v) is 21.7. The molecule has 3 aliphatic heterocycles. The van der Waals surface area contributed by atoms with Crippen molar-refractivity contribution in [3.8, 4) is 0 Å². The van der Waals surface area contributed by atoms with Crippen molar-refractivity contribution in [2.45, 2.75) is 24.9 Å². The Hall–Kier alpha value is -2.68. The van der Waals surface area contributed by atoms with Gasteiger partial charge in [-0.25, -0.2) is 4.79 Å². The monoisotopic (exact) mass is 535 g/mol. The van der Waals surface area contributed by atoms with Crippen LogP contribution in [-0.4, -0.2) is 88.4 Å². The molecule has 6 rings (SSSR count). The smallest absolute Gasteiger partial charge is 0.328 e. The van der Waals surface area contributed by atoms with Crippen molar-refractivity contribution in [1.82, 2.24) is 24.6 Å². The van der Waals surface area contributed by atoms with E-state index in [-0.39, 0.29) is 18.0 Å². The second-order valence-corrected chi connectivity index (χ2v) is 11.1. The van der Waals surface area contributed by atoms with Crippen molar-refractivity contribution in [2.75, 3.05) is 46.3 Å². The Kier molecular flexibility index (Phi) is 5.51. The number of likely N-dealkylation sites (N-methyl/N-ethyl adjacent to an activating group) is 1. The molecule has 1 aromatic heterocycles. The lowest BCUT2D eigenvalue weighted by Gasteiger charge is -2.42. The highest BCUT2D eigenvalue weighted by Gasteiger charge is 2.60. The number of fused-ring (bicyclic) bond motifs is 4. The molecule has 2 aromatic carbocycles. The van der Waals surface area contributed by atoms with E-state index in [2.05, 4.69) is 49.9 Å². The standard InChI is InChI=1S/C27H30BrN5O2/c1-27-17-21-20-16-19(28)8-9-22(20)29-23(21)24(18-6-4-3-5-7-18)33(27)26(35)32(25(27)34)15-14-31-12-10-30(2)11-13-31/h3-9,16,24,29H,10-15,17H2,1-2H3. The summed E-state index contributed by atoms with van der Waals surface area (Å²) in [4.78, 5) is 39.4. The third kappa shape index (κ3) is 3.61. The molecular formula is C27H30BrN5O2. The molecule has 1 N–H and O–H groups in total. The number of carbonyl (C=O) groups is 2. The van der Waals surface area contributed by atoms with Crippen LogP contribution in [0.25, 0.3) is 10.9 Å². The Morgan fingerprint density at radius 3 is 2.51 bits per heavy atom. The highest BCUT2D eigenvalue weighted by Crippen LogP contribution is 2.48. The van der Waals surface area contributed by atoms with Crippen molar-refractivity contribution in [1.29, 1.82) is 0 Å². The van der Waals surface area contributed by atoms with Crippen LogP contribution in [0.1, 0.15) is 29.8 Å². The fraction of sp³-hybridized carbons (Fsp3) is 0.407. The number of piperazine rings is 1. The Balaban J connectivity index is 1.40. The number of benzene rings is 2. The molecule has 2 unspecified atom stereocenters. The van der Waals surface area contributed by atoms with Gasteiger partial charge in [0, 0.05) is 66.8 Å². The minimum Gasteiger partial charge on any atom is -0.356 e. The average Bonchev–Trinajstić information content (AvgIpc) is 3.29. The minimum atomic E-state index is -0.926. The predicted molar refractivity (Wildman–Crippen MR) is 139 cm³/mol. The highest BCUT2D eigenvalue weighted by atomic mass is 79.9. The number of aromatic amines is 1. The molecule has 0 aliphatic carbocycles. The summed E-state index contributed by atoms with van der Waals surface area (Å²) in [6.45, 7) is 7.04. The van der Waals surface area contributed by atoms with Crippen molar-refractivity contribution in [3.63, 3.8) is 0 Å². The first kappa shape index (κ1) is 22.8. The van der Waals surface area contributed by atoms with Gasteiger partial charge in [0.15, 0.2) is 0 Å². The maximum Gasteiger partial charge on any atom is 0.328 e. The maximum absolute atomic E-state index is 13.9. The first-order chi connectivity index (χ1) is 16.9. The van der Waals surface area contributed by atoms with Gasteiger partial charge in [-0.2, -0.15) is 0 Å². The molecular weight excluding hydrogens is 506 g/mol. The van der Waals surface area contributed by atoms with Crippen LogP contribution in [-0.2, 0) is 11.2 Å². The summed E-state index contributed by atoms with van der Waals surface area (Å²) in [5.41, 5.74) is 3.23. The summed E-state index contributed by atoms with van der Waals surface area (Å²) in [5.74, 6) is -0.0902. The molecule has 2 atom stereocenters. The molecule has 2 fully saturated rings. The number of imide groups is 1. The van der Waals surface area contributed by atoms with Gasteiger partial charge in [-0.1, -0.05) is 46.3 Å². The van der Waals surface area contributed by atoms with Gasteiger partial charge in [-0.05, 0) is 43.3 Å². The van der Waals surface area contributed by atoms with E-state index >= 15 is 0 Å². The summed E-state index contributed by atoms with van der Waals surface area (Å²) in [6, 6.07) is 15.7. The quantitative estimate of drug-likeness (QED) is 0.515. The second-order valence-electron chi connectivity index (χ2n) is 10.2. The number of aromatic nitrogens is 1. The molecule has 0 saturated carbocycles. The van der Waals surface area contributed by atoms with Gasteiger partial charge in [0.1, 0.15) is 11.6 Å². The fourth-order valence-electron chi connectivity index (χ4n) is 5.98. The summed E-state index contributed by atoms with van der Waals surface area (Å²) in [5, 5.41) is 1.10.